The van der Waals surface area contributed by atoms with E-state index in [2.05, 4.69) is 4.85 Å². The zero-order valence-electron chi connectivity index (χ0n) is 13.2. The van der Waals surface area contributed by atoms with Gasteiger partial charge in [0.05, 0.1) is 18.0 Å². The molecule has 1 aliphatic rings. The molecule has 0 unspecified atom stereocenters. The highest BCUT2D eigenvalue weighted by Gasteiger charge is 2.32. The number of ketones is 1. The summed E-state index contributed by atoms with van der Waals surface area (Å²) >= 11 is 1.49. The average molecular weight is 340 g/mol. The molecular weight excluding hydrogens is 324 g/mol. The second-order valence-electron chi connectivity index (χ2n) is 5.62. The van der Waals surface area contributed by atoms with Crippen molar-refractivity contribution in [2.24, 2.45) is 0 Å². The second-order valence-corrected chi connectivity index (χ2v) is 6.90. The largest absolute Gasteiger partial charge is 0.444 e. The molecule has 0 spiro atoms. The molecule has 1 aromatic carbocycles. The number of benzene rings is 1. The highest BCUT2D eigenvalue weighted by molar-refractivity contribution is 7.14. The Morgan fingerprint density at radius 2 is 2.08 bits per heavy atom. The van der Waals surface area contributed by atoms with Gasteiger partial charge in [-0.25, -0.2) is 9.64 Å². The summed E-state index contributed by atoms with van der Waals surface area (Å²) in [6, 6.07) is 10.6. The fourth-order valence-electron chi connectivity index (χ4n) is 2.59. The topological polar surface area (TPSA) is 51.0 Å². The van der Waals surface area contributed by atoms with E-state index in [4.69, 9.17) is 11.3 Å². The highest BCUT2D eigenvalue weighted by atomic mass is 32.1. The van der Waals surface area contributed by atoms with Gasteiger partial charge in [0, 0.05) is 17.0 Å². The number of hydrogen-bond donors (Lipinski definition) is 0. The monoisotopic (exact) mass is 340 g/mol. The number of carbonyl (C=O) groups is 2. The maximum Gasteiger partial charge on any atom is 0.414 e. The molecule has 3 rings (SSSR count). The van der Waals surface area contributed by atoms with Gasteiger partial charge in [0.15, 0.2) is 11.5 Å². The van der Waals surface area contributed by atoms with Gasteiger partial charge in [0.2, 0.25) is 0 Å². The number of hydrogen-bond acceptors (Lipinski definition) is 4. The Bertz CT molecular complexity index is 804. The third-order valence-electron chi connectivity index (χ3n) is 3.87. The molecule has 5 nitrogen and oxygen atoms in total. The summed E-state index contributed by atoms with van der Waals surface area (Å²) in [7, 11) is 0. The predicted octanol–water partition coefficient (Wildman–Crippen LogP) is 4.60. The van der Waals surface area contributed by atoms with E-state index in [1.54, 1.807) is 24.3 Å². The first kappa shape index (κ1) is 16.2. The Morgan fingerprint density at radius 3 is 2.71 bits per heavy atom. The maximum absolute atomic E-state index is 12.1. The van der Waals surface area contributed by atoms with Crippen LogP contribution in [-0.2, 0) is 4.74 Å². The van der Waals surface area contributed by atoms with Crippen molar-refractivity contribution in [3.05, 3.63) is 57.6 Å². The van der Waals surface area contributed by atoms with Crippen LogP contribution < -0.4 is 4.90 Å². The molecule has 1 amide bonds. The number of carbonyl (C=O) groups excluding carboxylic acids is 2. The summed E-state index contributed by atoms with van der Waals surface area (Å²) in [5.74, 6) is 0.0870. The van der Waals surface area contributed by atoms with Gasteiger partial charge < -0.3 is 4.74 Å². The first-order valence-corrected chi connectivity index (χ1v) is 8.44. The molecule has 1 aliphatic heterocycles. The van der Waals surface area contributed by atoms with Gasteiger partial charge >= 0.3 is 6.09 Å². The molecule has 0 aliphatic carbocycles. The van der Waals surface area contributed by atoms with Gasteiger partial charge in [-0.3, -0.25) is 9.69 Å². The van der Waals surface area contributed by atoms with E-state index in [9.17, 15) is 9.59 Å². The normalized spacial score (nSPS) is 16.8. The molecule has 1 atom stereocenters. The van der Waals surface area contributed by atoms with Crippen LogP contribution in [-0.4, -0.2) is 24.5 Å². The number of Topliss-reactive ketones (excluding diaryl/α,β-unsaturated/α-hetero) is 1. The zero-order chi connectivity index (χ0) is 17.1. The van der Waals surface area contributed by atoms with Crippen molar-refractivity contribution in [1.82, 2.24) is 0 Å². The lowest BCUT2D eigenvalue weighted by atomic mass is 10.1. The van der Waals surface area contributed by atoms with Crippen LogP contribution in [0.4, 0.5) is 16.2 Å². The van der Waals surface area contributed by atoms with Gasteiger partial charge in [-0.05, 0) is 37.6 Å². The van der Waals surface area contributed by atoms with Crippen LogP contribution in [0.3, 0.4) is 0 Å². The van der Waals surface area contributed by atoms with E-state index < -0.39 is 6.09 Å². The Hall–Kier alpha value is -2.65. The van der Waals surface area contributed by atoms with Crippen molar-refractivity contribution in [2.45, 2.75) is 25.9 Å². The van der Waals surface area contributed by atoms with Crippen LogP contribution in [0.15, 0.2) is 36.4 Å². The molecule has 24 heavy (non-hydrogen) atoms. The molecule has 0 saturated carbocycles. The first-order valence-electron chi connectivity index (χ1n) is 7.62. The number of anilines is 1. The van der Waals surface area contributed by atoms with Gasteiger partial charge in [0.25, 0.3) is 0 Å². The van der Waals surface area contributed by atoms with E-state index in [1.807, 2.05) is 19.1 Å². The van der Waals surface area contributed by atoms with Crippen LogP contribution in [0.1, 0.15) is 27.4 Å². The maximum atomic E-state index is 12.1. The van der Waals surface area contributed by atoms with E-state index in [0.717, 1.165) is 9.75 Å². The van der Waals surface area contributed by atoms with E-state index >= 15 is 0 Å². The standard InChI is InChI=1S/C18H16N2O3S/c1-12-3-10-17(24-12)16(21)9-8-15-11-20(18(22)23-15)14-6-4-13(19-2)5-7-14/h3-7,10,15H,8-9,11H2,1H3/t15-/m0/s1. The number of thiophene rings is 1. The third kappa shape index (κ3) is 3.47. The molecule has 2 heterocycles. The third-order valence-corrected chi connectivity index (χ3v) is 4.91. The van der Waals surface area contributed by atoms with Crippen LogP contribution in [0.25, 0.3) is 4.85 Å². The predicted molar refractivity (Wildman–Crippen MR) is 92.9 cm³/mol. The lowest BCUT2D eigenvalue weighted by Crippen LogP contribution is -2.24. The van der Waals surface area contributed by atoms with E-state index in [1.165, 1.54) is 16.2 Å². The number of amides is 1. The fraction of sp³-hybridized carbons (Fsp3) is 0.278. The Balaban J connectivity index is 1.58. The number of cyclic esters (lactones) is 1. The van der Waals surface area contributed by atoms with Gasteiger partial charge in [-0.1, -0.05) is 12.1 Å². The van der Waals surface area contributed by atoms with E-state index in [0.29, 0.717) is 30.8 Å². The van der Waals surface area contributed by atoms with Crippen LogP contribution >= 0.6 is 11.3 Å². The summed E-state index contributed by atoms with van der Waals surface area (Å²) in [6.07, 6.45) is 0.179. The first-order chi connectivity index (χ1) is 11.6. The van der Waals surface area contributed by atoms with Crippen molar-refractivity contribution in [1.29, 1.82) is 0 Å². The molecular formula is C18H16N2O3S. The molecule has 1 aromatic heterocycles. The molecule has 1 saturated heterocycles. The molecule has 122 valence electrons. The van der Waals surface area contributed by atoms with Gasteiger partial charge in [-0.15, -0.1) is 11.3 Å². The molecule has 0 radical (unpaired) electrons. The minimum absolute atomic E-state index is 0.0870. The van der Waals surface area contributed by atoms with Crippen LogP contribution in [0.2, 0.25) is 0 Å². The Morgan fingerprint density at radius 1 is 1.33 bits per heavy atom. The van der Waals surface area contributed by atoms with Gasteiger partial charge in [0.1, 0.15) is 6.10 Å². The number of aryl methyl sites for hydroxylation is 1. The minimum Gasteiger partial charge on any atom is -0.444 e. The summed E-state index contributed by atoms with van der Waals surface area (Å²) in [6.45, 7) is 9.34. The summed E-state index contributed by atoms with van der Waals surface area (Å²) < 4.78 is 5.35. The van der Waals surface area contributed by atoms with Gasteiger partial charge in [-0.2, -0.15) is 0 Å². The van der Waals surface area contributed by atoms with Crippen LogP contribution in [0.5, 0.6) is 0 Å². The van der Waals surface area contributed by atoms with Crippen molar-refractivity contribution >= 4 is 34.6 Å². The smallest absolute Gasteiger partial charge is 0.414 e. The van der Waals surface area contributed by atoms with Crippen LogP contribution in [0, 0.1) is 13.5 Å². The molecule has 0 bridgehead atoms. The zero-order valence-corrected chi connectivity index (χ0v) is 14.0. The number of nitrogens with zero attached hydrogens (tertiary/aromatic N) is 2. The quantitative estimate of drug-likeness (QED) is 0.590. The second kappa shape index (κ2) is 6.85. The molecule has 2 aromatic rings. The van der Waals surface area contributed by atoms with Crippen molar-refractivity contribution in [2.75, 3.05) is 11.4 Å². The van der Waals surface area contributed by atoms with Crippen molar-refractivity contribution in [3.63, 3.8) is 0 Å². The summed E-state index contributed by atoms with van der Waals surface area (Å²) in [5.41, 5.74) is 1.23. The Kier molecular flexibility index (Phi) is 4.63. The minimum atomic E-state index is -0.407. The molecule has 1 fully saturated rings. The van der Waals surface area contributed by atoms with Crippen molar-refractivity contribution < 1.29 is 14.3 Å². The number of ether oxygens (including phenoxy) is 1. The summed E-state index contributed by atoms with van der Waals surface area (Å²) in [5, 5.41) is 0. The lowest BCUT2D eigenvalue weighted by molar-refractivity contribution is 0.0943. The lowest BCUT2D eigenvalue weighted by Gasteiger charge is -2.12. The highest BCUT2D eigenvalue weighted by Crippen LogP contribution is 2.26. The number of rotatable bonds is 5. The Labute approximate surface area is 144 Å². The van der Waals surface area contributed by atoms with Crippen molar-refractivity contribution in [3.8, 4) is 0 Å². The average Bonchev–Trinajstić information content (AvgIpc) is 3.18. The molecule has 6 heteroatoms. The SMILES string of the molecule is [C-]#[N+]c1ccc(N2C[C@H](CCC(=O)c3ccc(C)s3)OC2=O)cc1. The fourth-order valence-corrected chi connectivity index (χ4v) is 3.42. The molecule has 0 N–H and O–H groups in total. The summed E-state index contributed by atoms with van der Waals surface area (Å²) in [4.78, 5) is 30.9. The van der Waals surface area contributed by atoms with E-state index in [-0.39, 0.29) is 11.9 Å².